The molecule has 0 radical (unpaired) electrons. The topological polar surface area (TPSA) is 72.1 Å². The van der Waals surface area contributed by atoms with Crippen LogP contribution >= 0.6 is 11.3 Å². The van der Waals surface area contributed by atoms with Crippen molar-refractivity contribution in [2.24, 2.45) is 5.73 Å². The van der Waals surface area contributed by atoms with E-state index in [1.165, 1.54) is 11.3 Å². The van der Waals surface area contributed by atoms with Gasteiger partial charge in [-0.3, -0.25) is 9.78 Å². The zero-order chi connectivity index (χ0) is 14.7. The molecule has 2 unspecified atom stereocenters. The first-order valence-corrected chi connectivity index (χ1v) is 7.26. The molecule has 2 atom stereocenters. The molecule has 106 valence electrons. The van der Waals surface area contributed by atoms with Gasteiger partial charge in [0, 0.05) is 24.8 Å². The zero-order valence-electron chi connectivity index (χ0n) is 11.8. The van der Waals surface area contributed by atoms with E-state index in [-0.39, 0.29) is 18.0 Å². The number of hydrogen-bond donors (Lipinski definition) is 1. The van der Waals surface area contributed by atoms with E-state index in [1.54, 1.807) is 29.7 Å². The van der Waals surface area contributed by atoms with Gasteiger partial charge in [0.1, 0.15) is 10.7 Å². The van der Waals surface area contributed by atoms with Crippen molar-refractivity contribution in [3.05, 3.63) is 46.2 Å². The SMILES string of the molecule is CC(N)c1nc(C(=O)N(C)C(C)c2ccncc2)cs1. The third-order valence-corrected chi connectivity index (χ3v) is 4.27. The van der Waals surface area contributed by atoms with Crippen LogP contribution in [0.1, 0.15) is 47.0 Å². The van der Waals surface area contributed by atoms with Crippen LogP contribution in [0.25, 0.3) is 0 Å². The first-order chi connectivity index (χ1) is 9.50. The highest BCUT2D eigenvalue weighted by molar-refractivity contribution is 7.09. The molecule has 2 aromatic heterocycles. The molecule has 0 aliphatic rings. The van der Waals surface area contributed by atoms with Gasteiger partial charge in [-0.25, -0.2) is 4.98 Å². The number of hydrogen-bond acceptors (Lipinski definition) is 5. The van der Waals surface area contributed by atoms with Gasteiger partial charge >= 0.3 is 0 Å². The highest BCUT2D eigenvalue weighted by Crippen LogP contribution is 2.22. The second kappa shape index (κ2) is 6.11. The number of carbonyl (C=O) groups is 1. The fraction of sp³-hybridized carbons (Fsp3) is 0.357. The smallest absolute Gasteiger partial charge is 0.273 e. The minimum absolute atomic E-state index is 0.0362. The van der Waals surface area contributed by atoms with E-state index in [0.717, 1.165) is 10.6 Å². The summed E-state index contributed by atoms with van der Waals surface area (Å²) in [6.07, 6.45) is 3.45. The van der Waals surface area contributed by atoms with Crippen molar-refractivity contribution >= 4 is 17.2 Å². The molecule has 0 spiro atoms. The van der Waals surface area contributed by atoms with E-state index >= 15 is 0 Å². The summed E-state index contributed by atoms with van der Waals surface area (Å²) in [4.78, 5) is 22.4. The van der Waals surface area contributed by atoms with Crippen LogP contribution in [0.15, 0.2) is 29.9 Å². The van der Waals surface area contributed by atoms with Gasteiger partial charge < -0.3 is 10.6 Å². The number of aromatic nitrogens is 2. The number of amides is 1. The minimum Gasteiger partial charge on any atom is -0.334 e. The number of nitrogens with two attached hydrogens (primary N) is 1. The predicted octanol–water partition coefficient (Wildman–Crippen LogP) is 2.39. The minimum atomic E-state index is -0.149. The quantitative estimate of drug-likeness (QED) is 0.938. The monoisotopic (exact) mass is 290 g/mol. The van der Waals surface area contributed by atoms with Crippen LogP contribution in [-0.4, -0.2) is 27.8 Å². The number of carbonyl (C=O) groups excluding carboxylic acids is 1. The molecule has 0 saturated heterocycles. The average molecular weight is 290 g/mol. The van der Waals surface area contributed by atoms with Crippen molar-refractivity contribution in [3.8, 4) is 0 Å². The van der Waals surface area contributed by atoms with Crippen LogP contribution in [0.2, 0.25) is 0 Å². The molecule has 0 bridgehead atoms. The molecule has 20 heavy (non-hydrogen) atoms. The van der Waals surface area contributed by atoms with Crippen molar-refractivity contribution < 1.29 is 4.79 Å². The van der Waals surface area contributed by atoms with E-state index < -0.39 is 0 Å². The maximum absolute atomic E-state index is 12.4. The molecule has 1 amide bonds. The summed E-state index contributed by atoms with van der Waals surface area (Å²) < 4.78 is 0. The Morgan fingerprint density at radius 1 is 1.35 bits per heavy atom. The van der Waals surface area contributed by atoms with E-state index in [1.807, 2.05) is 26.0 Å². The average Bonchev–Trinajstić information content (AvgIpc) is 2.96. The third kappa shape index (κ3) is 3.02. The highest BCUT2D eigenvalue weighted by Gasteiger charge is 2.21. The summed E-state index contributed by atoms with van der Waals surface area (Å²) in [6, 6.07) is 3.63. The molecule has 2 N–H and O–H groups in total. The molecule has 2 heterocycles. The second-order valence-corrected chi connectivity index (χ2v) is 5.62. The van der Waals surface area contributed by atoms with Crippen molar-refractivity contribution in [2.45, 2.75) is 25.9 Å². The lowest BCUT2D eigenvalue weighted by atomic mass is 10.1. The Morgan fingerprint density at radius 3 is 2.55 bits per heavy atom. The van der Waals surface area contributed by atoms with Crippen LogP contribution in [0.5, 0.6) is 0 Å². The van der Waals surface area contributed by atoms with Gasteiger partial charge in [-0.2, -0.15) is 0 Å². The molecule has 0 aromatic carbocycles. The normalized spacial score (nSPS) is 13.8. The molecule has 0 fully saturated rings. The van der Waals surface area contributed by atoms with Gasteiger partial charge in [0.05, 0.1) is 12.1 Å². The lowest BCUT2D eigenvalue weighted by Crippen LogP contribution is -2.30. The van der Waals surface area contributed by atoms with Crippen molar-refractivity contribution in [3.63, 3.8) is 0 Å². The zero-order valence-corrected chi connectivity index (χ0v) is 12.6. The first-order valence-electron chi connectivity index (χ1n) is 6.38. The van der Waals surface area contributed by atoms with Crippen LogP contribution in [-0.2, 0) is 0 Å². The summed E-state index contributed by atoms with van der Waals surface area (Å²) in [6.45, 7) is 3.84. The molecule has 2 rings (SSSR count). The highest BCUT2D eigenvalue weighted by atomic mass is 32.1. The Bertz CT molecular complexity index is 582. The van der Waals surface area contributed by atoms with Crippen molar-refractivity contribution in [2.75, 3.05) is 7.05 Å². The van der Waals surface area contributed by atoms with Gasteiger partial charge in [0.2, 0.25) is 0 Å². The summed E-state index contributed by atoms with van der Waals surface area (Å²) in [5.41, 5.74) is 7.26. The van der Waals surface area contributed by atoms with Gasteiger partial charge in [-0.1, -0.05) is 0 Å². The molecular weight excluding hydrogens is 272 g/mol. The lowest BCUT2D eigenvalue weighted by Gasteiger charge is -2.24. The van der Waals surface area contributed by atoms with E-state index in [9.17, 15) is 4.79 Å². The summed E-state index contributed by atoms with van der Waals surface area (Å²) >= 11 is 1.42. The Balaban J connectivity index is 2.15. The Hall–Kier alpha value is -1.79. The Morgan fingerprint density at radius 2 is 2.00 bits per heavy atom. The number of nitrogens with zero attached hydrogens (tertiary/aromatic N) is 3. The van der Waals surface area contributed by atoms with Crippen LogP contribution in [0, 0.1) is 0 Å². The largest absolute Gasteiger partial charge is 0.334 e. The van der Waals surface area contributed by atoms with Gasteiger partial charge in [-0.15, -0.1) is 11.3 Å². The molecule has 5 nitrogen and oxygen atoms in total. The summed E-state index contributed by atoms with van der Waals surface area (Å²) in [5.74, 6) is -0.0996. The van der Waals surface area contributed by atoms with E-state index in [2.05, 4.69) is 9.97 Å². The third-order valence-electron chi connectivity index (χ3n) is 3.22. The molecule has 0 saturated carbocycles. The van der Waals surface area contributed by atoms with E-state index in [4.69, 9.17) is 5.73 Å². The lowest BCUT2D eigenvalue weighted by molar-refractivity contribution is 0.0737. The molecular formula is C14H18N4OS. The van der Waals surface area contributed by atoms with Gasteiger partial charge in [0.25, 0.3) is 5.91 Å². The van der Waals surface area contributed by atoms with Crippen LogP contribution < -0.4 is 5.73 Å². The predicted molar refractivity (Wildman–Crippen MR) is 79.5 cm³/mol. The Kier molecular flexibility index (Phi) is 4.46. The fourth-order valence-corrected chi connectivity index (χ4v) is 2.57. The van der Waals surface area contributed by atoms with Gasteiger partial charge in [-0.05, 0) is 31.5 Å². The van der Waals surface area contributed by atoms with Crippen LogP contribution in [0.3, 0.4) is 0 Å². The van der Waals surface area contributed by atoms with E-state index in [0.29, 0.717) is 5.69 Å². The molecule has 0 aliphatic heterocycles. The molecule has 2 aromatic rings. The molecule has 6 heteroatoms. The standard InChI is InChI=1S/C14H18N4OS/c1-9(15)13-17-12(8-20-13)14(19)18(3)10(2)11-4-6-16-7-5-11/h4-10H,15H2,1-3H3. The first kappa shape index (κ1) is 14.6. The van der Waals surface area contributed by atoms with Crippen molar-refractivity contribution in [1.82, 2.24) is 14.9 Å². The molecule has 0 aliphatic carbocycles. The second-order valence-electron chi connectivity index (χ2n) is 4.73. The summed E-state index contributed by atoms with van der Waals surface area (Å²) in [5, 5.41) is 2.54. The maximum Gasteiger partial charge on any atom is 0.273 e. The summed E-state index contributed by atoms with van der Waals surface area (Å²) in [7, 11) is 1.78. The maximum atomic E-state index is 12.4. The number of thiazole rings is 1. The van der Waals surface area contributed by atoms with Gasteiger partial charge in [0.15, 0.2) is 0 Å². The van der Waals surface area contributed by atoms with Crippen molar-refractivity contribution in [1.29, 1.82) is 0 Å². The Labute approximate surface area is 122 Å². The fourth-order valence-electron chi connectivity index (χ4n) is 1.82. The van der Waals surface area contributed by atoms with Crippen LogP contribution in [0.4, 0.5) is 0 Å². The number of rotatable bonds is 4. The number of pyridine rings is 1.